The zero-order chi connectivity index (χ0) is 15.3. The fourth-order valence-electron chi connectivity index (χ4n) is 1.42. The number of aromatic carboxylic acids is 1. The third-order valence-electron chi connectivity index (χ3n) is 2.29. The van der Waals surface area contributed by atoms with Crippen molar-refractivity contribution in [2.75, 3.05) is 6.61 Å². The monoisotopic (exact) mass is 288 g/mol. The molecule has 108 valence electrons. The van der Waals surface area contributed by atoms with Crippen molar-refractivity contribution in [3.05, 3.63) is 41.0 Å². The molecule has 0 bridgehead atoms. The van der Waals surface area contributed by atoms with Gasteiger partial charge in [0.05, 0.1) is 17.7 Å². The Labute approximate surface area is 112 Å². The average molecular weight is 288 g/mol. The molecule has 0 radical (unpaired) electrons. The Morgan fingerprint density at radius 1 is 1.35 bits per heavy atom. The van der Waals surface area contributed by atoms with Crippen LogP contribution in [-0.2, 0) is 15.7 Å². The van der Waals surface area contributed by atoms with E-state index in [2.05, 4.69) is 4.74 Å². The number of esters is 1. The van der Waals surface area contributed by atoms with Crippen LogP contribution in [0.4, 0.5) is 13.2 Å². The van der Waals surface area contributed by atoms with Crippen LogP contribution in [-0.4, -0.2) is 23.7 Å². The maximum absolute atomic E-state index is 12.6. The van der Waals surface area contributed by atoms with E-state index in [1.165, 1.54) is 0 Å². The first-order chi connectivity index (χ1) is 9.25. The quantitative estimate of drug-likeness (QED) is 0.683. The normalized spacial score (nSPS) is 11.6. The molecule has 0 fully saturated rings. The van der Waals surface area contributed by atoms with Gasteiger partial charge in [0.1, 0.15) is 0 Å². The molecule has 0 saturated heterocycles. The first kappa shape index (κ1) is 15.7. The summed E-state index contributed by atoms with van der Waals surface area (Å²) in [6.07, 6.45) is -2.73. The van der Waals surface area contributed by atoms with Crippen molar-refractivity contribution in [2.24, 2.45) is 0 Å². The molecule has 0 atom stereocenters. The summed E-state index contributed by atoms with van der Waals surface area (Å²) in [5.74, 6) is -2.15. The molecule has 1 N–H and O–H groups in total. The average Bonchev–Trinajstić information content (AvgIpc) is 2.35. The smallest absolute Gasteiger partial charge is 0.416 e. The third-order valence-corrected chi connectivity index (χ3v) is 2.29. The van der Waals surface area contributed by atoms with Crippen LogP contribution >= 0.6 is 0 Å². The minimum absolute atomic E-state index is 0.109. The predicted octanol–water partition coefficient (Wildman–Crippen LogP) is 2.98. The van der Waals surface area contributed by atoms with E-state index in [1.807, 2.05) is 0 Å². The van der Waals surface area contributed by atoms with Gasteiger partial charge >= 0.3 is 18.1 Å². The maximum atomic E-state index is 12.6. The molecular formula is C13H11F3O4. The van der Waals surface area contributed by atoms with E-state index in [9.17, 15) is 22.8 Å². The van der Waals surface area contributed by atoms with Gasteiger partial charge in [-0.15, -0.1) is 0 Å². The molecule has 4 nitrogen and oxygen atoms in total. The zero-order valence-electron chi connectivity index (χ0n) is 10.4. The van der Waals surface area contributed by atoms with Crippen molar-refractivity contribution in [1.82, 2.24) is 0 Å². The summed E-state index contributed by atoms with van der Waals surface area (Å²) in [6.45, 7) is 1.68. The number of carboxylic acid groups (broad SMARTS) is 1. The van der Waals surface area contributed by atoms with E-state index in [4.69, 9.17) is 5.11 Å². The lowest BCUT2D eigenvalue weighted by molar-refractivity contribution is -0.138. The highest BCUT2D eigenvalue weighted by molar-refractivity contribution is 5.95. The second kappa shape index (κ2) is 6.23. The van der Waals surface area contributed by atoms with Crippen LogP contribution in [0.25, 0.3) is 6.08 Å². The molecule has 1 aromatic rings. The minimum Gasteiger partial charge on any atom is -0.478 e. The Kier molecular flexibility index (Phi) is 4.90. The van der Waals surface area contributed by atoms with Crippen molar-refractivity contribution in [3.8, 4) is 0 Å². The first-order valence-electron chi connectivity index (χ1n) is 5.55. The molecule has 20 heavy (non-hydrogen) atoms. The molecule has 1 aromatic carbocycles. The number of benzene rings is 1. The van der Waals surface area contributed by atoms with Crippen LogP contribution in [0.2, 0.25) is 0 Å². The van der Waals surface area contributed by atoms with Crippen LogP contribution in [0.1, 0.15) is 28.4 Å². The summed E-state index contributed by atoms with van der Waals surface area (Å²) in [4.78, 5) is 22.0. The third kappa shape index (κ3) is 4.11. The second-order valence-corrected chi connectivity index (χ2v) is 3.69. The summed E-state index contributed by atoms with van der Waals surface area (Å²) in [6, 6.07) is 2.18. The van der Waals surface area contributed by atoms with E-state index in [0.29, 0.717) is 12.1 Å². The number of halogens is 3. The summed E-state index contributed by atoms with van der Waals surface area (Å²) in [5, 5.41) is 8.90. The molecule has 0 unspecified atom stereocenters. The highest BCUT2D eigenvalue weighted by atomic mass is 19.4. The Morgan fingerprint density at radius 2 is 2.00 bits per heavy atom. The molecule has 0 saturated carbocycles. The minimum atomic E-state index is -4.59. The molecule has 0 spiro atoms. The Bertz CT molecular complexity index is 547. The van der Waals surface area contributed by atoms with E-state index in [-0.39, 0.29) is 17.7 Å². The lowest BCUT2D eigenvalue weighted by atomic mass is 10.0. The van der Waals surface area contributed by atoms with Gasteiger partial charge in [0.25, 0.3) is 0 Å². The summed E-state index contributed by atoms with van der Waals surface area (Å²) < 4.78 is 42.2. The fraction of sp³-hybridized carbons (Fsp3) is 0.231. The van der Waals surface area contributed by atoms with Crippen LogP contribution in [0.5, 0.6) is 0 Å². The fourth-order valence-corrected chi connectivity index (χ4v) is 1.42. The van der Waals surface area contributed by atoms with Crippen molar-refractivity contribution in [3.63, 3.8) is 0 Å². The van der Waals surface area contributed by atoms with Crippen LogP contribution in [0, 0.1) is 0 Å². The van der Waals surface area contributed by atoms with Crippen LogP contribution in [0.3, 0.4) is 0 Å². The number of rotatable bonds is 4. The van der Waals surface area contributed by atoms with Gasteiger partial charge < -0.3 is 9.84 Å². The molecule has 1 rings (SSSR count). The maximum Gasteiger partial charge on any atom is 0.416 e. The van der Waals surface area contributed by atoms with Gasteiger partial charge in [-0.05, 0) is 36.8 Å². The van der Waals surface area contributed by atoms with Gasteiger partial charge in [0, 0.05) is 6.08 Å². The lowest BCUT2D eigenvalue weighted by Gasteiger charge is -2.09. The molecule has 0 aliphatic heterocycles. The van der Waals surface area contributed by atoms with E-state index in [0.717, 1.165) is 18.2 Å². The molecule has 7 heteroatoms. The van der Waals surface area contributed by atoms with Crippen molar-refractivity contribution < 1.29 is 32.6 Å². The van der Waals surface area contributed by atoms with E-state index in [1.54, 1.807) is 6.92 Å². The second-order valence-electron chi connectivity index (χ2n) is 3.69. The van der Waals surface area contributed by atoms with Crippen LogP contribution < -0.4 is 0 Å². The van der Waals surface area contributed by atoms with Gasteiger partial charge in [-0.25, -0.2) is 9.59 Å². The van der Waals surface area contributed by atoms with Gasteiger partial charge in [0.2, 0.25) is 0 Å². The Balaban J connectivity index is 3.19. The van der Waals surface area contributed by atoms with Crippen molar-refractivity contribution in [2.45, 2.75) is 13.1 Å². The van der Waals surface area contributed by atoms with Gasteiger partial charge in [-0.1, -0.05) is 0 Å². The number of carbonyl (C=O) groups is 2. The molecule has 0 aliphatic carbocycles. The highest BCUT2D eigenvalue weighted by Crippen LogP contribution is 2.31. The highest BCUT2D eigenvalue weighted by Gasteiger charge is 2.31. The summed E-state index contributed by atoms with van der Waals surface area (Å²) in [5.41, 5.74) is -1.55. The van der Waals surface area contributed by atoms with Gasteiger partial charge in [0.15, 0.2) is 0 Å². The number of carboxylic acids is 1. The molecule has 0 amide bonds. The number of carbonyl (C=O) groups excluding carboxylic acids is 1. The largest absolute Gasteiger partial charge is 0.478 e. The summed E-state index contributed by atoms with van der Waals surface area (Å²) >= 11 is 0. The van der Waals surface area contributed by atoms with Gasteiger partial charge in [-0.3, -0.25) is 0 Å². The molecule has 0 heterocycles. The molecule has 0 aromatic heterocycles. The zero-order valence-corrected chi connectivity index (χ0v) is 10.4. The molecular weight excluding hydrogens is 277 g/mol. The lowest BCUT2D eigenvalue weighted by Crippen LogP contribution is -2.08. The Hall–Kier alpha value is -2.31. The number of ether oxygens (including phenoxy) is 1. The SMILES string of the molecule is CCOC(=O)C=Cc1cc(C(F)(F)F)ccc1C(=O)O. The summed E-state index contributed by atoms with van der Waals surface area (Å²) in [7, 11) is 0. The standard InChI is InChI=1S/C13H11F3O4/c1-2-20-11(17)6-3-8-7-9(13(14,15)16)4-5-10(8)12(18)19/h3-7H,2H2,1H3,(H,18,19). The number of hydrogen-bond donors (Lipinski definition) is 1. The number of alkyl halides is 3. The predicted molar refractivity (Wildman–Crippen MR) is 64.1 cm³/mol. The topological polar surface area (TPSA) is 63.6 Å². The Morgan fingerprint density at radius 3 is 2.50 bits per heavy atom. The number of hydrogen-bond acceptors (Lipinski definition) is 3. The van der Waals surface area contributed by atoms with Crippen molar-refractivity contribution in [1.29, 1.82) is 0 Å². The van der Waals surface area contributed by atoms with Crippen molar-refractivity contribution >= 4 is 18.0 Å². The van der Waals surface area contributed by atoms with Crippen LogP contribution in [0.15, 0.2) is 24.3 Å². The van der Waals surface area contributed by atoms with E-state index >= 15 is 0 Å². The van der Waals surface area contributed by atoms with E-state index < -0.39 is 23.7 Å². The molecule has 0 aliphatic rings. The van der Waals surface area contributed by atoms with Gasteiger partial charge in [-0.2, -0.15) is 13.2 Å². The first-order valence-corrected chi connectivity index (χ1v) is 5.55.